The van der Waals surface area contributed by atoms with E-state index in [2.05, 4.69) is 43.5 Å². The minimum atomic E-state index is 0.774. The van der Waals surface area contributed by atoms with Crippen LogP contribution in [0.3, 0.4) is 0 Å². The number of hydrogen-bond donors (Lipinski definition) is 0. The van der Waals surface area contributed by atoms with Gasteiger partial charge in [0.15, 0.2) is 11.4 Å². The average molecular weight is 419 g/mol. The van der Waals surface area contributed by atoms with Gasteiger partial charge in [-0.1, -0.05) is 0 Å². The molecule has 0 unspecified atom stereocenters. The first-order chi connectivity index (χ1) is 14.9. The third kappa shape index (κ3) is 3.30. The molecular weight excluding hydrogens is 390 g/mol. The van der Waals surface area contributed by atoms with E-state index in [1.807, 2.05) is 24.3 Å². The molecule has 5 heteroatoms. The lowest BCUT2D eigenvalue weighted by Crippen LogP contribution is -2.38. The molecule has 4 rings (SSSR count). The van der Waals surface area contributed by atoms with Gasteiger partial charge in [-0.25, -0.2) is 0 Å². The minimum Gasteiger partial charge on any atom is -0.497 e. The van der Waals surface area contributed by atoms with Crippen molar-refractivity contribution in [2.24, 2.45) is 0 Å². The van der Waals surface area contributed by atoms with E-state index in [1.165, 1.54) is 0 Å². The van der Waals surface area contributed by atoms with Gasteiger partial charge in [0.05, 0.1) is 44.6 Å². The number of benzene rings is 3. The first-order valence-electron chi connectivity index (χ1n) is 10.2. The second-order valence-electron chi connectivity index (χ2n) is 7.68. The Morgan fingerprint density at radius 1 is 0.645 bits per heavy atom. The third-order valence-electron chi connectivity index (χ3n) is 5.82. The number of ether oxygens (including phenoxy) is 4. The van der Waals surface area contributed by atoms with E-state index in [9.17, 15) is 0 Å². The highest BCUT2D eigenvalue weighted by atomic mass is 16.5. The molecule has 0 saturated carbocycles. The molecule has 0 saturated heterocycles. The predicted molar refractivity (Wildman–Crippen MR) is 123 cm³/mol. The van der Waals surface area contributed by atoms with Crippen LogP contribution < -0.4 is 23.5 Å². The Labute approximate surface area is 182 Å². The van der Waals surface area contributed by atoms with Gasteiger partial charge in [0, 0.05) is 37.4 Å². The summed E-state index contributed by atoms with van der Waals surface area (Å²) in [5.41, 5.74) is 4.37. The Hall–Kier alpha value is -3.47. The topological polar surface area (TPSA) is 40.8 Å². The van der Waals surface area contributed by atoms with Crippen molar-refractivity contribution < 1.29 is 23.5 Å². The van der Waals surface area contributed by atoms with E-state index >= 15 is 0 Å². The van der Waals surface area contributed by atoms with Crippen molar-refractivity contribution in [3.63, 3.8) is 0 Å². The highest BCUT2D eigenvalue weighted by molar-refractivity contribution is 5.99. The van der Waals surface area contributed by atoms with Crippen molar-refractivity contribution >= 4 is 21.5 Å². The van der Waals surface area contributed by atoms with Gasteiger partial charge >= 0.3 is 0 Å². The molecule has 3 aromatic carbocycles. The summed E-state index contributed by atoms with van der Waals surface area (Å²) in [4.78, 5) is 0. The quantitative estimate of drug-likeness (QED) is 0.416. The van der Waals surface area contributed by atoms with Gasteiger partial charge in [0.2, 0.25) is 5.69 Å². The number of hydrogen-bond acceptors (Lipinski definition) is 4. The van der Waals surface area contributed by atoms with Crippen LogP contribution in [0.5, 0.6) is 23.0 Å². The standard InChI is InChI=1S/C26H28NO4/c1-15-10-20-21(8-9-22(29-5)26(20)23(11-15)30-6)27-16(2)12-18-13-19(28-4)14-24(31-7)25(18)17(27)3/h8-14H,1-7H3/q+1. The molecule has 0 atom stereocenters. The van der Waals surface area contributed by atoms with Gasteiger partial charge in [-0.15, -0.1) is 0 Å². The first-order valence-corrected chi connectivity index (χ1v) is 10.2. The van der Waals surface area contributed by atoms with E-state index in [-0.39, 0.29) is 0 Å². The van der Waals surface area contributed by atoms with Crippen LogP contribution in [0.1, 0.15) is 17.0 Å². The van der Waals surface area contributed by atoms with Crippen molar-refractivity contribution in [2.75, 3.05) is 28.4 Å². The average Bonchev–Trinajstić information content (AvgIpc) is 2.77. The Bertz CT molecular complexity index is 1310. The van der Waals surface area contributed by atoms with Crippen LogP contribution in [-0.2, 0) is 0 Å². The van der Waals surface area contributed by atoms with E-state index in [0.717, 1.165) is 67.2 Å². The smallest absolute Gasteiger partial charge is 0.219 e. The van der Waals surface area contributed by atoms with Gasteiger partial charge in [-0.2, -0.15) is 4.57 Å². The normalized spacial score (nSPS) is 11.1. The van der Waals surface area contributed by atoms with Crippen LogP contribution in [0.25, 0.3) is 27.2 Å². The SMILES string of the molecule is COc1cc(OC)c2c(C)[n+](-c3ccc(OC)c4c(OC)cc(C)cc34)c(C)cc2c1. The minimum absolute atomic E-state index is 0.774. The molecule has 1 aromatic heterocycles. The lowest BCUT2D eigenvalue weighted by molar-refractivity contribution is -0.606. The highest BCUT2D eigenvalue weighted by Crippen LogP contribution is 2.38. The van der Waals surface area contributed by atoms with Crippen LogP contribution >= 0.6 is 0 Å². The van der Waals surface area contributed by atoms with Crippen molar-refractivity contribution in [3.05, 3.63) is 59.4 Å². The molecule has 31 heavy (non-hydrogen) atoms. The van der Waals surface area contributed by atoms with Crippen LogP contribution in [0, 0.1) is 20.8 Å². The molecule has 0 spiro atoms. The maximum atomic E-state index is 5.73. The first kappa shape index (κ1) is 20.8. The summed E-state index contributed by atoms with van der Waals surface area (Å²) in [7, 11) is 6.74. The number of rotatable bonds is 5. The molecule has 0 fully saturated rings. The van der Waals surface area contributed by atoms with Crippen molar-refractivity contribution in [2.45, 2.75) is 20.8 Å². The van der Waals surface area contributed by atoms with Crippen LogP contribution in [0.2, 0.25) is 0 Å². The Balaban J connectivity index is 2.14. The molecule has 0 radical (unpaired) electrons. The molecule has 160 valence electrons. The van der Waals surface area contributed by atoms with Crippen molar-refractivity contribution in [1.29, 1.82) is 0 Å². The van der Waals surface area contributed by atoms with Gasteiger partial charge in [-0.3, -0.25) is 0 Å². The number of aromatic nitrogens is 1. The molecule has 0 aliphatic heterocycles. The molecule has 0 bridgehead atoms. The molecule has 0 aliphatic carbocycles. The van der Waals surface area contributed by atoms with Crippen molar-refractivity contribution in [1.82, 2.24) is 0 Å². The predicted octanol–water partition coefficient (Wildman–Crippen LogP) is 5.23. The Morgan fingerprint density at radius 3 is 1.97 bits per heavy atom. The zero-order valence-electron chi connectivity index (χ0n) is 19.1. The fraction of sp³-hybridized carbons (Fsp3) is 0.269. The fourth-order valence-electron chi connectivity index (χ4n) is 4.49. The summed E-state index contributed by atoms with van der Waals surface area (Å²) in [6.07, 6.45) is 0. The zero-order valence-corrected chi connectivity index (χ0v) is 19.1. The van der Waals surface area contributed by atoms with Gasteiger partial charge < -0.3 is 18.9 Å². The number of aryl methyl sites for hydroxylation is 3. The summed E-state index contributed by atoms with van der Waals surface area (Å²) in [6.45, 7) is 6.31. The molecule has 1 heterocycles. The summed E-state index contributed by atoms with van der Waals surface area (Å²) < 4.78 is 24.8. The molecule has 5 nitrogen and oxygen atoms in total. The molecule has 4 aromatic rings. The van der Waals surface area contributed by atoms with E-state index in [1.54, 1.807) is 28.4 Å². The summed E-state index contributed by atoms with van der Waals surface area (Å²) in [5, 5.41) is 4.16. The lowest BCUT2D eigenvalue weighted by Gasteiger charge is -2.15. The van der Waals surface area contributed by atoms with E-state index in [4.69, 9.17) is 18.9 Å². The second-order valence-corrected chi connectivity index (χ2v) is 7.68. The molecule has 0 amide bonds. The number of fused-ring (bicyclic) bond motifs is 2. The Morgan fingerprint density at radius 2 is 1.32 bits per heavy atom. The van der Waals surface area contributed by atoms with Crippen molar-refractivity contribution in [3.8, 4) is 28.7 Å². The van der Waals surface area contributed by atoms with Crippen LogP contribution in [0.4, 0.5) is 0 Å². The fourth-order valence-corrected chi connectivity index (χ4v) is 4.49. The van der Waals surface area contributed by atoms with Gasteiger partial charge in [-0.05, 0) is 36.8 Å². The second kappa shape index (κ2) is 7.99. The monoisotopic (exact) mass is 418 g/mol. The van der Waals surface area contributed by atoms with Gasteiger partial charge in [0.25, 0.3) is 0 Å². The molecule has 0 N–H and O–H groups in total. The van der Waals surface area contributed by atoms with Gasteiger partial charge in [0.1, 0.15) is 23.0 Å². The largest absolute Gasteiger partial charge is 0.497 e. The van der Waals surface area contributed by atoms with Crippen LogP contribution in [-0.4, -0.2) is 28.4 Å². The molecule has 0 aliphatic rings. The number of pyridine rings is 1. The Kier molecular flexibility index (Phi) is 5.36. The maximum absolute atomic E-state index is 5.73. The molecular formula is C26H28NO4+. The van der Waals surface area contributed by atoms with E-state index < -0.39 is 0 Å². The summed E-state index contributed by atoms with van der Waals surface area (Å²) >= 11 is 0. The summed E-state index contributed by atoms with van der Waals surface area (Å²) in [6, 6.07) is 14.4. The number of methoxy groups -OCH3 is 4. The lowest BCUT2D eigenvalue weighted by atomic mass is 10.0. The third-order valence-corrected chi connectivity index (χ3v) is 5.82. The maximum Gasteiger partial charge on any atom is 0.219 e. The number of nitrogens with zero attached hydrogens (tertiary/aromatic N) is 1. The summed E-state index contributed by atoms with van der Waals surface area (Å²) in [5.74, 6) is 3.14. The zero-order chi connectivity index (χ0) is 22.3. The van der Waals surface area contributed by atoms with Crippen LogP contribution in [0.15, 0.2) is 42.5 Å². The highest BCUT2D eigenvalue weighted by Gasteiger charge is 2.25. The van der Waals surface area contributed by atoms with E-state index in [0.29, 0.717) is 0 Å².